The van der Waals surface area contributed by atoms with Crippen molar-refractivity contribution in [1.82, 2.24) is 19.5 Å². The molecule has 2 aliphatic heterocycles. The minimum atomic E-state index is -5.61. The van der Waals surface area contributed by atoms with Crippen molar-refractivity contribution in [2.45, 2.75) is 68.9 Å². The Morgan fingerprint density at radius 2 is 1.60 bits per heavy atom. The molecule has 2 aromatic rings. The van der Waals surface area contributed by atoms with Crippen molar-refractivity contribution in [3.05, 3.63) is 12.7 Å². The maximum atomic E-state index is 12.2. The van der Waals surface area contributed by atoms with Gasteiger partial charge in [-0.3, -0.25) is 13.7 Å². The predicted molar refractivity (Wildman–Crippen MR) is 125 cm³/mol. The second kappa shape index (κ2) is 12.7. The molecule has 2 fully saturated rings. The van der Waals surface area contributed by atoms with Crippen LogP contribution < -0.4 is 15.5 Å². The third kappa shape index (κ3) is 7.03. The van der Waals surface area contributed by atoms with E-state index in [1.54, 1.807) is 0 Å². The fourth-order valence-corrected chi connectivity index (χ4v) is 6.00. The van der Waals surface area contributed by atoms with Crippen molar-refractivity contribution in [3.63, 3.8) is 0 Å². The fourth-order valence-electron chi connectivity index (χ4n) is 3.99. The standard InChI is InChI=1S/C19H31N5O14P2/c1-2-3-4-33-19-15(28)13(26)10(37-19)6-35-40(31,32)38-39(29,30)34-5-9-12(25)14(27)18(36-9)24-8-23-11-16(20)21-7-22-17(11)24/h7-10,12-15,18-19,25-28H,2-6H2,1H3,(H,29,30)(H,31,32)(H2,20,21,22)/p-2/t9-,10-,12-,13-,14-,15-,18-,19-/m1/s1. The topological polar surface area (TPSA) is 286 Å². The highest BCUT2D eigenvalue weighted by Gasteiger charge is 2.46. The molecule has 0 amide bonds. The maximum absolute atomic E-state index is 12.2. The number of hydrogen-bond acceptors (Lipinski definition) is 18. The van der Waals surface area contributed by atoms with Gasteiger partial charge in [0, 0.05) is 6.61 Å². The number of phosphoric ester groups is 2. The highest BCUT2D eigenvalue weighted by Crippen LogP contribution is 2.56. The molecule has 2 aromatic heterocycles. The number of nitrogens with two attached hydrogens (primary N) is 1. The second-order valence-corrected chi connectivity index (χ2v) is 11.9. The van der Waals surface area contributed by atoms with Gasteiger partial charge >= 0.3 is 0 Å². The van der Waals surface area contributed by atoms with Gasteiger partial charge in [0.15, 0.2) is 24.0 Å². The third-order valence-electron chi connectivity index (χ3n) is 6.09. The lowest BCUT2D eigenvalue weighted by Gasteiger charge is -2.32. The van der Waals surface area contributed by atoms with E-state index in [0.29, 0.717) is 6.42 Å². The zero-order chi connectivity index (χ0) is 29.2. The van der Waals surface area contributed by atoms with Gasteiger partial charge in [-0.2, -0.15) is 0 Å². The first-order valence-electron chi connectivity index (χ1n) is 12.0. The summed E-state index contributed by atoms with van der Waals surface area (Å²) >= 11 is 0. The number of hydrogen-bond donors (Lipinski definition) is 5. The molecule has 0 aliphatic carbocycles. The lowest BCUT2D eigenvalue weighted by molar-refractivity contribution is -0.247. The van der Waals surface area contributed by atoms with Crippen LogP contribution in [0.1, 0.15) is 26.0 Å². The monoisotopic (exact) mass is 613 g/mol. The molecule has 4 heterocycles. The number of aromatic nitrogens is 4. The number of unbranched alkanes of at least 4 members (excludes halogenated alkanes) is 1. The molecule has 0 bridgehead atoms. The van der Waals surface area contributed by atoms with Gasteiger partial charge in [-0.15, -0.1) is 0 Å². The summed E-state index contributed by atoms with van der Waals surface area (Å²) in [4.78, 5) is 36.1. The van der Waals surface area contributed by atoms with Crippen LogP contribution in [0.3, 0.4) is 0 Å². The normalized spacial score (nSPS) is 33.8. The van der Waals surface area contributed by atoms with Crippen molar-refractivity contribution in [2.24, 2.45) is 0 Å². The first-order valence-corrected chi connectivity index (χ1v) is 15.0. The molecule has 21 heteroatoms. The number of aliphatic hydroxyl groups excluding tert-OH is 4. The Morgan fingerprint density at radius 3 is 2.25 bits per heavy atom. The van der Waals surface area contributed by atoms with Crippen LogP contribution in [0.5, 0.6) is 0 Å². The summed E-state index contributed by atoms with van der Waals surface area (Å²) in [5.74, 6) is 0.0516. The molecule has 2 unspecified atom stereocenters. The first kappa shape index (κ1) is 31.3. The van der Waals surface area contributed by atoms with Crippen molar-refractivity contribution >= 4 is 32.6 Å². The van der Waals surface area contributed by atoms with E-state index in [0.717, 1.165) is 12.7 Å². The summed E-state index contributed by atoms with van der Waals surface area (Å²) in [6.07, 6.45) is -7.88. The quantitative estimate of drug-likeness (QED) is 0.113. The Hall–Kier alpha value is -1.67. The average Bonchev–Trinajstić information content (AvgIpc) is 3.52. The van der Waals surface area contributed by atoms with Crippen LogP contribution in [-0.4, -0.2) is 103 Å². The number of aliphatic hydroxyl groups is 4. The van der Waals surface area contributed by atoms with E-state index in [4.69, 9.17) is 19.9 Å². The summed E-state index contributed by atoms with van der Waals surface area (Å²) in [7, 11) is -11.2. The molecule has 0 aromatic carbocycles. The number of anilines is 1. The van der Waals surface area contributed by atoms with Gasteiger partial charge < -0.3 is 59.2 Å². The second-order valence-electron chi connectivity index (χ2n) is 8.95. The number of imidazole rings is 1. The molecule has 2 saturated heterocycles. The van der Waals surface area contributed by atoms with Crippen LogP contribution in [0.2, 0.25) is 0 Å². The van der Waals surface area contributed by atoms with Gasteiger partial charge in [0.25, 0.3) is 15.6 Å². The molecule has 0 radical (unpaired) electrons. The molecule has 0 saturated carbocycles. The molecule has 19 nitrogen and oxygen atoms in total. The van der Waals surface area contributed by atoms with Crippen molar-refractivity contribution in [2.75, 3.05) is 25.6 Å². The summed E-state index contributed by atoms with van der Waals surface area (Å²) < 4.78 is 54.6. The van der Waals surface area contributed by atoms with Crippen LogP contribution >= 0.6 is 15.6 Å². The van der Waals surface area contributed by atoms with Gasteiger partial charge in [0.1, 0.15) is 48.5 Å². The highest BCUT2D eigenvalue weighted by molar-refractivity contribution is 7.59. The summed E-state index contributed by atoms with van der Waals surface area (Å²) in [5, 5.41) is 40.8. The number of ether oxygens (including phenoxy) is 3. The van der Waals surface area contributed by atoms with Crippen LogP contribution in [0.25, 0.3) is 11.2 Å². The SMILES string of the molecule is CCCCO[C@@H]1O[C@H](COP(=O)([O-])OP(=O)([O-])OC[C@H]2O[C@@H](n3cnc4c(N)ncnc43)[C@H](O)[C@@H]2O)[C@@H](O)[C@H]1O. The Balaban J connectivity index is 1.29. The average molecular weight is 613 g/mol. The van der Waals surface area contributed by atoms with Crippen molar-refractivity contribution in [3.8, 4) is 0 Å². The molecule has 2 aliphatic rings. The smallest absolute Gasteiger partial charge is 0.274 e. The minimum Gasteiger partial charge on any atom is -0.756 e. The Morgan fingerprint density at radius 1 is 0.975 bits per heavy atom. The molecular formula is C19H29N5O14P2-2. The van der Waals surface area contributed by atoms with Gasteiger partial charge in [0.05, 0.1) is 19.5 Å². The first-order chi connectivity index (χ1) is 18.8. The Bertz CT molecular complexity index is 1250. The predicted octanol–water partition coefficient (Wildman–Crippen LogP) is -2.72. The lowest BCUT2D eigenvalue weighted by atomic mass is 10.1. The van der Waals surface area contributed by atoms with Crippen LogP contribution in [0, 0.1) is 0 Å². The summed E-state index contributed by atoms with van der Waals surface area (Å²) in [5.41, 5.74) is 6.08. The van der Waals surface area contributed by atoms with E-state index >= 15 is 0 Å². The van der Waals surface area contributed by atoms with E-state index in [1.165, 1.54) is 10.9 Å². The van der Waals surface area contributed by atoms with Gasteiger partial charge in [-0.05, 0) is 6.42 Å². The number of fused-ring (bicyclic) bond motifs is 1. The van der Waals surface area contributed by atoms with Crippen LogP contribution in [0.4, 0.5) is 5.82 Å². The van der Waals surface area contributed by atoms with Gasteiger partial charge in [-0.1, -0.05) is 13.3 Å². The molecule has 4 rings (SSSR count). The largest absolute Gasteiger partial charge is 0.756 e. The summed E-state index contributed by atoms with van der Waals surface area (Å²) in [6.45, 7) is 0.270. The number of nitrogen functional groups attached to an aromatic ring is 1. The van der Waals surface area contributed by atoms with Gasteiger partial charge in [0.2, 0.25) is 0 Å². The summed E-state index contributed by atoms with van der Waals surface area (Å²) in [6, 6.07) is 0. The van der Waals surface area contributed by atoms with E-state index in [1.807, 2.05) is 6.92 Å². The van der Waals surface area contributed by atoms with Crippen molar-refractivity contribution < 1.29 is 66.9 Å². The number of phosphoric acid groups is 2. The molecular weight excluding hydrogens is 584 g/mol. The maximum Gasteiger partial charge on any atom is 0.274 e. The Labute approximate surface area is 226 Å². The zero-order valence-corrected chi connectivity index (χ0v) is 22.7. The van der Waals surface area contributed by atoms with E-state index in [-0.39, 0.29) is 23.6 Å². The zero-order valence-electron chi connectivity index (χ0n) is 20.9. The third-order valence-corrected chi connectivity index (χ3v) is 8.62. The van der Waals surface area contributed by atoms with Crippen LogP contribution in [0.15, 0.2) is 12.7 Å². The van der Waals surface area contributed by atoms with E-state index in [2.05, 4.69) is 28.3 Å². The number of nitrogens with zero attached hydrogens (tertiary/aromatic N) is 4. The Kier molecular flexibility index (Phi) is 9.91. The van der Waals surface area contributed by atoms with Crippen molar-refractivity contribution in [1.29, 1.82) is 0 Å². The molecule has 0 spiro atoms. The minimum absolute atomic E-state index is 0.0516. The van der Waals surface area contributed by atoms with Crippen LogP contribution in [-0.2, 0) is 36.7 Å². The van der Waals surface area contributed by atoms with E-state index in [9.17, 15) is 39.3 Å². The van der Waals surface area contributed by atoms with Gasteiger partial charge in [-0.25, -0.2) is 19.3 Å². The molecule has 6 N–H and O–H groups in total. The molecule has 226 valence electrons. The molecule has 10 atom stereocenters. The highest BCUT2D eigenvalue weighted by atomic mass is 31.3. The van der Waals surface area contributed by atoms with E-state index < -0.39 is 78.0 Å². The number of rotatable bonds is 13. The molecule has 40 heavy (non-hydrogen) atoms. The fraction of sp³-hybridized carbons (Fsp3) is 0.737. The lowest BCUT2D eigenvalue weighted by Crippen LogP contribution is -2.35.